The SMILES string of the molecule is CCOC(=O)C1=C(C)NC(=O)N(CCC(N)=O)C1c1cccc([N+](=O)[O-])c1. The standard InChI is InChI=1S/C17H20N4O6/c1-3-27-16(23)14-10(2)19-17(24)20(8-7-13(18)22)15(14)11-5-4-6-12(9-11)21(25)26/h4-6,9,15H,3,7-8H2,1-2H3,(H2,18,22)(H,19,24). The van der Waals surface area contributed by atoms with E-state index >= 15 is 0 Å². The molecule has 10 nitrogen and oxygen atoms in total. The first-order valence-corrected chi connectivity index (χ1v) is 8.24. The van der Waals surface area contributed by atoms with Gasteiger partial charge in [-0.05, 0) is 19.4 Å². The van der Waals surface area contributed by atoms with Gasteiger partial charge in [-0.2, -0.15) is 0 Å². The number of carbonyl (C=O) groups excluding carboxylic acids is 3. The Labute approximate surface area is 155 Å². The summed E-state index contributed by atoms with van der Waals surface area (Å²) in [7, 11) is 0. The fraction of sp³-hybridized carbons (Fsp3) is 0.353. The molecule has 3 N–H and O–H groups in total. The Morgan fingerprint density at radius 2 is 2.11 bits per heavy atom. The van der Waals surface area contributed by atoms with Gasteiger partial charge in [0.25, 0.3) is 5.69 Å². The molecule has 10 heteroatoms. The Bertz CT molecular complexity index is 819. The molecule has 0 aliphatic carbocycles. The topological polar surface area (TPSA) is 145 Å². The molecule has 2 rings (SSSR count). The summed E-state index contributed by atoms with van der Waals surface area (Å²) in [5, 5.41) is 13.7. The van der Waals surface area contributed by atoms with Gasteiger partial charge in [-0.1, -0.05) is 12.1 Å². The molecule has 0 saturated heterocycles. The average Bonchev–Trinajstić information content (AvgIpc) is 2.60. The van der Waals surface area contributed by atoms with Crippen molar-refractivity contribution in [1.82, 2.24) is 10.2 Å². The maximum Gasteiger partial charge on any atom is 0.338 e. The molecule has 1 unspecified atom stereocenters. The second-order valence-corrected chi connectivity index (χ2v) is 5.85. The number of ether oxygens (including phenoxy) is 1. The van der Waals surface area contributed by atoms with Crippen LogP contribution in [0.2, 0.25) is 0 Å². The molecular formula is C17H20N4O6. The summed E-state index contributed by atoms with van der Waals surface area (Å²) in [4.78, 5) is 48.0. The number of nitrogens with two attached hydrogens (primary N) is 1. The lowest BCUT2D eigenvalue weighted by Crippen LogP contribution is -2.49. The molecule has 0 bridgehead atoms. The molecule has 1 aliphatic rings. The summed E-state index contributed by atoms with van der Waals surface area (Å²) in [5.41, 5.74) is 5.77. The third kappa shape index (κ3) is 4.40. The van der Waals surface area contributed by atoms with Crippen molar-refractivity contribution in [3.05, 3.63) is 51.2 Å². The number of hydrogen-bond donors (Lipinski definition) is 2. The zero-order valence-corrected chi connectivity index (χ0v) is 14.9. The molecule has 1 aliphatic heterocycles. The molecule has 0 radical (unpaired) electrons. The van der Waals surface area contributed by atoms with Crippen LogP contribution in [0.25, 0.3) is 0 Å². The van der Waals surface area contributed by atoms with Crippen LogP contribution in [0, 0.1) is 10.1 Å². The number of non-ortho nitro benzene ring substituents is 1. The van der Waals surface area contributed by atoms with Gasteiger partial charge in [0, 0.05) is 30.8 Å². The number of esters is 1. The molecule has 1 atom stereocenters. The van der Waals surface area contributed by atoms with Crippen molar-refractivity contribution in [2.24, 2.45) is 5.73 Å². The number of nitro groups is 1. The molecule has 0 spiro atoms. The number of benzene rings is 1. The van der Waals surface area contributed by atoms with Crippen molar-refractivity contribution in [3.8, 4) is 0 Å². The zero-order valence-electron chi connectivity index (χ0n) is 14.9. The van der Waals surface area contributed by atoms with E-state index in [0.29, 0.717) is 5.56 Å². The van der Waals surface area contributed by atoms with E-state index in [1.54, 1.807) is 19.9 Å². The van der Waals surface area contributed by atoms with Crippen LogP contribution in [0.3, 0.4) is 0 Å². The maximum atomic E-state index is 12.5. The van der Waals surface area contributed by atoms with Crippen molar-refractivity contribution < 1.29 is 24.0 Å². The molecular weight excluding hydrogens is 356 g/mol. The molecule has 1 heterocycles. The quantitative estimate of drug-likeness (QED) is 0.418. The highest BCUT2D eigenvalue weighted by Gasteiger charge is 2.38. The monoisotopic (exact) mass is 376 g/mol. The van der Waals surface area contributed by atoms with E-state index in [9.17, 15) is 24.5 Å². The van der Waals surface area contributed by atoms with Crippen molar-refractivity contribution in [1.29, 1.82) is 0 Å². The van der Waals surface area contributed by atoms with Crippen LogP contribution in [-0.4, -0.2) is 40.9 Å². The second kappa shape index (κ2) is 8.30. The molecule has 1 aromatic carbocycles. The number of hydrogen-bond acceptors (Lipinski definition) is 6. The van der Waals surface area contributed by atoms with Crippen molar-refractivity contribution in [3.63, 3.8) is 0 Å². The lowest BCUT2D eigenvalue weighted by Gasteiger charge is -2.37. The van der Waals surface area contributed by atoms with Gasteiger partial charge >= 0.3 is 12.0 Å². The van der Waals surface area contributed by atoms with Crippen LogP contribution in [-0.2, 0) is 14.3 Å². The van der Waals surface area contributed by atoms with Crippen molar-refractivity contribution in [2.75, 3.05) is 13.2 Å². The summed E-state index contributed by atoms with van der Waals surface area (Å²) < 4.78 is 5.09. The molecule has 0 saturated carbocycles. The Morgan fingerprint density at radius 1 is 1.41 bits per heavy atom. The van der Waals surface area contributed by atoms with Crippen LogP contribution in [0.4, 0.5) is 10.5 Å². The molecule has 0 fully saturated rings. The molecule has 1 aromatic rings. The van der Waals surface area contributed by atoms with Crippen LogP contribution >= 0.6 is 0 Å². The highest BCUT2D eigenvalue weighted by molar-refractivity contribution is 5.95. The predicted octanol–water partition coefficient (Wildman–Crippen LogP) is 1.37. The van der Waals surface area contributed by atoms with E-state index in [1.807, 2.05) is 0 Å². The number of rotatable bonds is 7. The van der Waals surface area contributed by atoms with Gasteiger partial charge < -0.3 is 20.7 Å². The minimum absolute atomic E-state index is 0.0648. The number of nitrogens with one attached hydrogen (secondary N) is 1. The third-order valence-electron chi connectivity index (χ3n) is 4.04. The van der Waals surface area contributed by atoms with Gasteiger partial charge in [-0.25, -0.2) is 9.59 Å². The van der Waals surface area contributed by atoms with Gasteiger partial charge in [0.05, 0.1) is 23.1 Å². The average molecular weight is 376 g/mol. The minimum Gasteiger partial charge on any atom is -0.463 e. The van der Waals surface area contributed by atoms with E-state index in [-0.39, 0.29) is 36.5 Å². The largest absolute Gasteiger partial charge is 0.463 e. The Morgan fingerprint density at radius 3 is 2.70 bits per heavy atom. The maximum absolute atomic E-state index is 12.5. The summed E-state index contributed by atoms with van der Waals surface area (Å²) in [5.74, 6) is -1.28. The first-order valence-electron chi connectivity index (χ1n) is 8.24. The highest BCUT2D eigenvalue weighted by Crippen LogP contribution is 2.35. The van der Waals surface area contributed by atoms with Gasteiger partial charge in [-0.3, -0.25) is 14.9 Å². The van der Waals surface area contributed by atoms with E-state index in [1.165, 1.54) is 23.1 Å². The van der Waals surface area contributed by atoms with Crippen molar-refractivity contribution in [2.45, 2.75) is 26.3 Å². The van der Waals surface area contributed by atoms with Gasteiger partial charge in [0.2, 0.25) is 5.91 Å². The van der Waals surface area contributed by atoms with E-state index in [2.05, 4.69) is 5.32 Å². The Kier molecular flexibility index (Phi) is 6.11. The van der Waals surface area contributed by atoms with Crippen LogP contribution in [0.15, 0.2) is 35.5 Å². The van der Waals surface area contributed by atoms with Crippen molar-refractivity contribution >= 4 is 23.6 Å². The molecule has 0 aromatic heterocycles. The first kappa shape index (κ1) is 19.9. The number of nitro benzene ring substituents is 1. The van der Waals surface area contributed by atoms with E-state index < -0.39 is 28.9 Å². The van der Waals surface area contributed by atoms with E-state index in [4.69, 9.17) is 10.5 Å². The minimum atomic E-state index is -0.947. The third-order valence-corrected chi connectivity index (χ3v) is 4.04. The Balaban J connectivity index is 2.59. The lowest BCUT2D eigenvalue weighted by atomic mass is 9.93. The zero-order chi connectivity index (χ0) is 20.1. The van der Waals surface area contributed by atoms with Gasteiger partial charge in [-0.15, -0.1) is 0 Å². The summed E-state index contributed by atoms with van der Waals surface area (Å²) in [6, 6.07) is 4.13. The molecule has 144 valence electrons. The second-order valence-electron chi connectivity index (χ2n) is 5.85. The summed E-state index contributed by atoms with van der Waals surface area (Å²) in [6.07, 6.45) is -0.131. The summed E-state index contributed by atoms with van der Waals surface area (Å²) >= 11 is 0. The van der Waals surface area contributed by atoms with E-state index in [0.717, 1.165) is 0 Å². The van der Waals surface area contributed by atoms with Gasteiger partial charge in [0.15, 0.2) is 0 Å². The molecule has 3 amide bonds. The smallest absolute Gasteiger partial charge is 0.338 e. The number of carbonyl (C=O) groups is 3. The fourth-order valence-electron chi connectivity index (χ4n) is 2.87. The predicted molar refractivity (Wildman–Crippen MR) is 94.2 cm³/mol. The normalized spacial score (nSPS) is 16.7. The lowest BCUT2D eigenvalue weighted by molar-refractivity contribution is -0.384. The number of urea groups is 1. The van der Waals surface area contributed by atoms with Crippen LogP contribution < -0.4 is 11.1 Å². The fourth-order valence-corrected chi connectivity index (χ4v) is 2.87. The number of primary amides is 1. The number of nitrogens with zero attached hydrogens (tertiary/aromatic N) is 2. The van der Waals surface area contributed by atoms with Crippen LogP contribution in [0.1, 0.15) is 31.9 Å². The van der Waals surface area contributed by atoms with Gasteiger partial charge in [0.1, 0.15) is 0 Å². The highest BCUT2D eigenvalue weighted by atomic mass is 16.6. The number of amides is 3. The first-order chi connectivity index (χ1) is 12.8. The summed E-state index contributed by atoms with van der Waals surface area (Å²) in [6.45, 7) is 3.24. The molecule has 27 heavy (non-hydrogen) atoms. The van der Waals surface area contributed by atoms with Crippen LogP contribution in [0.5, 0.6) is 0 Å². The number of allylic oxidation sites excluding steroid dienone is 1. The Hall–Kier alpha value is -3.43.